The van der Waals surface area contributed by atoms with Crippen LogP contribution in [0.2, 0.25) is 0 Å². The highest BCUT2D eigenvalue weighted by Crippen LogP contribution is 2.13. The van der Waals surface area contributed by atoms with Crippen molar-refractivity contribution in [1.29, 1.82) is 0 Å². The minimum Gasteiger partial charge on any atom is -0.376 e. The molecule has 0 spiro atoms. The molecule has 0 saturated carbocycles. The fourth-order valence-corrected chi connectivity index (χ4v) is 3.31. The first kappa shape index (κ1) is 22.6. The molecule has 0 bridgehead atoms. The van der Waals surface area contributed by atoms with E-state index in [-0.39, 0.29) is 24.0 Å². The van der Waals surface area contributed by atoms with E-state index < -0.39 is 0 Å². The molecule has 0 radical (unpaired) electrons. The van der Waals surface area contributed by atoms with Gasteiger partial charge in [0.2, 0.25) is 0 Å². The normalized spacial score (nSPS) is 17.8. The van der Waals surface area contributed by atoms with Crippen LogP contribution in [0, 0.1) is 0 Å². The van der Waals surface area contributed by atoms with Crippen molar-refractivity contribution < 1.29 is 4.74 Å². The summed E-state index contributed by atoms with van der Waals surface area (Å²) >= 11 is 0. The summed E-state index contributed by atoms with van der Waals surface area (Å²) < 4.78 is 5.62. The van der Waals surface area contributed by atoms with Gasteiger partial charge in [-0.2, -0.15) is 0 Å². The summed E-state index contributed by atoms with van der Waals surface area (Å²) in [5, 5.41) is 3.15. The second-order valence-electron chi connectivity index (χ2n) is 7.11. The number of morpholine rings is 1. The number of nitrogens with zero attached hydrogens (tertiary/aromatic N) is 2. The number of hydrogen-bond acceptors (Lipinski definition) is 3. The zero-order valence-electron chi connectivity index (χ0n) is 16.7. The maximum Gasteiger partial charge on any atom is 0.193 e. The average molecular weight is 494 g/mol. The molecule has 1 saturated heterocycles. The van der Waals surface area contributed by atoms with Crippen LogP contribution in [0.3, 0.4) is 0 Å². The lowest BCUT2D eigenvalue weighted by atomic mass is 10.1. The zero-order chi connectivity index (χ0) is 19.1. The predicted octanol–water partition coefficient (Wildman–Crippen LogP) is 4.01. The van der Waals surface area contributed by atoms with Gasteiger partial charge in [0, 0.05) is 25.3 Å². The van der Waals surface area contributed by atoms with Gasteiger partial charge in [0.25, 0.3) is 0 Å². The first-order valence-electron chi connectivity index (χ1n) is 9.70. The molecular weight excluding hydrogens is 463 g/mol. The van der Waals surface area contributed by atoms with E-state index in [4.69, 9.17) is 10.5 Å². The van der Waals surface area contributed by atoms with Crippen molar-refractivity contribution in [2.75, 3.05) is 25.0 Å². The average Bonchev–Trinajstić information content (AvgIpc) is 2.67. The molecule has 1 atom stereocenters. The smallest absolute Gasteiger partial charge is 0.193 e. The van der Waals surface area contributed by atoms with Gasteiger partial charge in [-0.1, -0.05) is 43.3 Å². The Morgan fingerprint density at radius 3 is 2.64 bits per heavy atom. The highest BCUT2D eigenvalue weighted by Gasteiger charge is 2.16. The molecule has 28 heavy (non-hydrogen) atoms. The third-order valence-electron chi connectivity index (χ3n) is 4.79. The fraction of sp³-hybridized carbons (Fsp3) is 0.409. The number of aliphatic imine (C=N–C) groups is 1. The lowest BCUT2D eigenvalue weighted by Gasteiger charge is -2.31. The molecule has 152 valence electrons. The zero-order valence-corrected chi connectivity index (χ0v) is 19.1. The summed E-state index contributed by atoms with van der Waals surface area (Å²) in [5.41, 5.74) is 10.8. The number of nitrogens with two attached hydrogens (primary N) is 1. The Kier molecular flexibility index (Phi) is 9.21. The van der Waals surface area contributed by atoms with Crippen molar-refractivity contribution in [3.8, 4) is 0 Å². The molecule has 1 unspecified atom stereocenters. The molecule has 3 rings (SSSR count). The maximum atomic E-state index is 6.04. The van der Waals surface area contributed by atoms with Gasteiger partial charge in [-0.15, -0.1) is 24.0 Å². The van der Waals surface area contributed by atoms with E-state index in [9.17, 15) is 0 Å². The van der Waals surface area contributed by atoms with E-state index in [1.54, 1.807) is 0 Å². The van der Waals surface area contributed by atoms with Crippen LogP contribution in [0.15, 0.2) is 53.5 Å². The molecular formula is C22H31IN4O. The Hall–Kier alpha value is -1.64. The van der Waals surface area contributed by atoms with Crippen LogP contribution >= 0.6 is 24.0 Å². The van der Waals surface area contributed by atoms with Crippen LogP contribution < -0.4 is 11.1 Å². The van der Waals surface area contributed by atoms with Gasteiger partial charge in [0.05, 0.1) is 19.3 Å². The van der Waals surface area contributed by atoms with E-state index >= 15 is 0 Å². The Labute approximate surface area is 185 Å². The van der Waals surface area contributed by atoms with Crippen molar-refractivity contribution in [3.63, 3.8) is 0 Å². The Morgan fingerprint density at radius 1 is 1.18 bits per heavy atom. The van der Waals surface area contributed by atoms with Gasteiger partial charge in [0.15, 0.2) is 5.96 Å². The molecule has 0 aliphatic carbocycles. The van der Waals surface area contributed by atoms with Gasteiger partial charge >= 0.3 is 0 Å². The number of rotatable bonds is 6. The van der Waals surface area contributed by atoms with E-state index in [1.807, 2.05) is 12.1 Å². The Morgan fingerprint density at radius 2 is 1.93 bits per heavy atom. The van der Waals surface area contributed by atoms with Crippen LogP contribution in [0.5, 0.6) is 0 Å². The van der Waals surface area contributed by atoms with E-state index in [2.05, 4.69) is 65.5 Å². The van der Waals surface area contributed by atoms with Crippen LogP contribution in [0.4, 0.5) is 5.69 Å². The lowest BCUT2D eigenvalue weighted by Crippen LogP contribution is -2.40. The van der Waals surface area contributed by atoms with Crippen molar-refractivity contribution in [2.45, 2.75) is 39.5 Å². The molecule has 1 fully saturated rings. The first-order chi connectivity index (χ1) is 13.1. The number of benzene rings is 2. The number of aryl methyl sites for hydroxylation is 1. The highest BCUT2D eigenvalue weighted by atomic mass is 127. The quantitative estimate of drug-likeness (QED) is 0.362. The highest BCUT2D eigenvalue weighted by molar-refractivity contribution is 14.0. The summed E-state index contributed by atoms with van der Waals surface area (Å²) in [6.45, 7) is 8.57. The van der Waals surface area contributed by atoms with Gasteiger partial charge in [-0.05, 0) is 42.2 Å². The molecule has 2 aromatic carbocycles. The molecule has 6 heteroatoms. The van der Waals surface area contributed by atoms with E-state index in [0.29, 0.717) is 18.6 Å². The Bertz CT molecular complexity index is 763. The molecule has 0 aromatic heterocycles. The van der Waals surface area contributed by atoms with Crippen molar-refractivity contribution >= 4 is 35.6 Å². The molecule has 3 N–H and O–H groups in total. The molecule has 1 heterocycles. The fourth-order valence-electron chi connectivity index (χ4n) is 3.31. The van der Waals surface area contributed by atoms with Crippen molar-refractivity contribution in [3.05, 3.63) is 65.2 Å². The van der Waals surface area contributed by atoms with Gasteiger partial charge in [-0.3, -0.25) is 4.90 Å². The summed E-state index contributed by atoms with van der Waals surface area (Å²) in [6, 6.07) is 16.8. The van der Waals surface area contributed by atoms with Crippen molar-refractivity contribution in [1.82, 2.24) is 4.90 Å². The maximum absolute atomic E-state index is 6.04. The van der Waals surface area contributed by atoms with Gasteiger partial charge in [0.1, 0.15) is 0 Å². The molecule has 0 amide bonds. The largest absolute Gasteiger partial charge is 0.376 e. The summed E-state index contributed by atoms with van der Waals surface area (Å²) in [6.07, 6.45) is 1.34. The van der Waals surface area contributed by atoms with Crippen molar-refractivity contribution in [2.24, 2.45) is 10.7 Å². The topological polar surface area (TPSA) is 62.9 Å². The molecule has 2 aromatic rings. The number of nitrogens with one attached hydrogen (secondary N) is 1. The standard InChI is InChI=1S/C22H30N4O.HI/c1-3-18-7-9-21(10-8-18)25-22(23)24-14-19-5-4-6-20(13-19)16-26-11-12-27-17(2)15-26;/h4-10,13,17H,3,11-12,14-16H2,1-2H3,(H3,23,24,25);1H. The van der Waals surface area contributed by atoms with Crippen LogP contribution in [-0.4, -0.2) is 36.7 Å². The first-order valence-corrected chi connectivity index (χ1v) is 9.70. The van der Waals surface area contributed by atoms with E-state index in [0.717, 1.165) is 38.3 Å². The minimum absolute atomic E-state index is 0. The van der Waals surface area contributed by atoms with Crippen LogP contribution in [0.25, 0.3) is 0 Å². The minimum atomic E-state index is 0. The van der Waals surface area contributed by atoms with E-state index in [1.165, 1.54) is 16.7 Å². The Balaban J connectivity index is 0.00000280. The summed E-state index contributed by atoms with van der Waals surface area (Å²) in [7, 11) is 0. The van der Waals surface area contributed by atoms with Crippen LogP contribution in [-0.2, 0) is 24.2 Å². The molecule has 1 aliphatic rings. The number of hydrogen-bond donors (Lipinski definition) is 2. The van der Waals surface area contributed by atoms with Gasteiger partial charge < -0.3 is 15.8 Å². The monoisotopic (exact) mass is 494 g/mol. The number of anilines is 1. The lowest BCUT2D eigenvalue weighted by molar-refractivity contribution is -0.0212. The second kappa shape index (κ2) is 11.4. The third-order valence-corrected chi connectivity index (χ3v) is 4.79. The molecule has 5 nitrogen and oxygen atoms in total. The van der Waals surface area contributed by atoms with Crippen LogP contribution in [0.1, 0.15) is 30.5 Å². The third kappa shape index (κ3) is 7.07. The number of guanidine groups is 1. The predicted molar refractivity (Wildman–Crippen MR) is 127 cm³/mol. The number of halogens is 1. The SMILES string of the molecule is CCc1ccc(NC(N)=NCc2cccc(CN3CCOC(C)C3)c2)cc1.I. The summed E-state index contributed by atoms with van der Waals surface area (Å²) in [4.78, 5) is 6.92. The molecule has 1 aliphatic heterocycles. The van der Waals surface area contributed by atoms with Gasteiger partial charge in [-0.25, -0.2) is 4.99 Å². The second-order valence-corrected chi connectivity index (χ2v) is 7.11. The number of ether oxygens (including phenoxy) is 1. The summed E-state index contributed by atoms with van der Waals surface area (Å²) in [5.74, 6) is 0.437.